The lowest BCUT2D eigenvalue weighted by Crippen LogP contribution is -2.15. The Balaban J connectivity index is 1.51. The number of anilines is 4. The largest absolute Gasteiger partial charge is 0.486 e. The van der Waals surface area contributed by atoms with E-state index in [-0.39, 0.29) is 5.02 Å². The van der Waals surface area contributed by atoms with Gasteiger partial charge in [-0.1, -0.05) is 11.6 Å². The fourth-order valence-corrected chi connectivity index (χ4v) is 2.67. The second kappa shape index (κ2) is 7.05. The summed E-state index contributed by atoms with van der Waals surface area (Å²) < 4.78 is 24.3. The molecule has 4 rings (SSSR count). The molecule has 0 atom stereocenters. The minimum absolute atomic E-state index is 0.0404. The smallest absolute Gasteiger partial charge is 0.163 e. The Morgan fingerprint density at radius 2 is 1.50 bits per heavy atom. The first kappa shape index (κ1) is 16.4. The molecule has 0 aliphatic carbocycles. The molecule has 8 heteroatoms. The van der Waals surface area contributed by atoms with Gasteiger partial charge in [0.2, 0.25) is 0 Å². The van der Waals surface area contributed by atoms with Gasteiger partial charge in [0.15, 0.2) is 11.5 Å². The number of nitrogens with zero attached hydrogens (tertiary/aromatic N) is 2. The maximum Gasteiger partial charge on any atom is 0.163 e. The monoisotopic (exact) mass is 372 g/mol. The van der Waals surface area contributed by atoms with Crippen molar-refractivity contribution in [3.63, 3.8) is 0 Å². The number of rotatable bonds is 4. The molecule has 0 radical (unpaired) electrons. The minimum Gasteiger partial charge on any atom is -0.486 e. The standard InChI is InChI=1S/C18H14ClFN4O2/c19-13-7-11(1-3-14(13)20)23-17-9-18(22-10-21-17)24-12-2-4-15-16(8-12)26-6-5-25-15/h1-4,7-10H,5-6H2,(H2,21,22,23,24). The predicted octanol–water partition coefficient (Wildman–Crippen LogP) is 4.53. The summed E-state index contributed by atoms with van der Waals surface area (Å²) in [6, 6.07) is 11.7. The zero-order valence-corrected chi connectivity index (χ0v) is 14.3. The van der Waals surface area contributed by atoms with Crippen molar-refractivity contribution in [3.05, 3.63) is 59.6 Å². The van der Waals surface area contributed by atoms with Crippen molar-refractivity contribution in [1.29, 1.82) is 0 Å². The van der Waals surface area contributed by atoms with Gasteiger partial charge in [0.1, 0.15) is 37.0 Å². The van der Waals surface area contributed by atoms with E-state index in [1.165, 1.54) is 18.5 Å². The third-order valence-electron chi connectivity index (χ3n) is 3.67. The summed E-state index contributed by atoms with van der Waals surface area (Å²) in [6.45, 7) is 1.08. The third-order valence-corrected chi connectivity index (χ3v) is 3.96. The lowest BCUT2D eigenvalue weighted by Gasteiger charge is -2.19. The molecule has 1 aliphatic rings. The predicted molar refractivity (Wildman–Crippen MR) is 97.4 cm³/mol. The van der Waals surface area contributed by atoms with E-state index in [1.54, 1.807) is 12.1 Å². The average Bonchev–Trinajstić information content (AvgIpc) is 2.65. The highest BCUT2D eigenvalue weighted by Crippen LogP contribution is 2.33. The SMILES string of the molecule is Fc1ccc(Nc2cc(Nc3ccc4c(c3)OCCO4)ncn2)cc1Cl. The minimum atomic E-state index is -0.471. The van der Waals surface area contributed by atoms with Gasteiger partial charge in [0, 0.05) is 23.5 Å². The molecule has 0 saturated carbocycles. The Hall–Kier alpha value is -3.06. The van der Waals surface area contributed by atoms with E-state index in [0.29, 0.717) is 36.3 Å². The Morgan fingerprint density at radius 1 is 0.846 bits per heavy atom. The van der Waals surface area contributed by atoms with Crippen LogP contribution in [0.25, 0.3) is 0 Å². The van der Waals surface area contributed by atoms with Gasteiger partial charge >= 0.3 is 0 Å². The normalized spacial score (nSPS) is 12.5. The maximum absolute atomic E-state index is 13.2. The molecule has 26 heavy (non-hydrogen) atoms. The number of hydrogen-bond acceptors (Lipinski definition) is 6. The van der Waals surface area contributed by atoms with Gasteiger partial charge in [-0.05, 0) is 30.3 Å². The van der Waals surface area contributed by atoms with Crippen molar-refractivity contribution in [2.45, 2.75) is 0 Å². The van der Waals surface area contributed by atoms with E-state index < -0.39 is 5.82 Å². The second-order valence-electron chi connectivity index (χ2n) is 5.53. The summed E-state index contributed by atoms with van der Waals surface area (Å²) in [5, 5.41) is 6.29. The molecule has 0 saturated heterocycles. The zero-order chi connectivity index (χ0) is 17.9. The van der Waals surface area contributed by atoms with Crippen molar-refractivity contribution in [2.75, 3.05) is 23.8 Å². The van der Waals surface area contributed by atoms with Crippen molar-refractivity contribution in [2.24, 2.45) is 0 Å². The highest BCUT2D eigenvalue weighted by molar-refractivity contribution is 6.31. The lowest BCUT2D eigenvalue weighted by molar-refractivity contribution is 0.171. The van der Waals surface area contributed by atoms with E-state index in [2.05, 4.69) is 20.6 Å². The summed E-state index contributed by atoms with van der Waals surface area (Å²) in [6.07, 6.45) is 1.42. The number of halogens is 2. The summed E-state index contributed by atoms with van der Waals surface area (Å²) in [7, 11) is 0. The lowest BCUT2D eigenvalue weighted by atomic mass is 10.2. The van der Waals surface area contributed by atoms with Crippen LogP contribution < -0.4 is 20.1 Å². The van der Waals surface area contributed by atoms with Crippen molar-refractivity contribution in [3.8, 4) is 11.5 Å². The second-order valence-corrected chi connectivity index (χ2v) is 5.93. The van der Waals surface area contributed by atoms with Crippen molar-refractivity contribution >= 4 is 34.6 Å². The van der Waals surface area contributed by atoms with Gasteiger partial charge in [-0.3, -0.25) is 0 Å². The van der Waals surface area contributed by atoms with Crippen molar-refractivity contribution in [1.82, 2.24) is 9.97 Å². The molecule has 0 spiro atoms. The summed E-state index contributed by atoms with van der Waals surface area (Å²) >= 11 is 5.79. The number of fused-ring (bicyclic) bond motifs is 1. The van der Waals surface area contributed by atoms with E-state index in [1.807, 2.05) is 18.2 Å². The molecule has 0 unspecified atom stereocenters. The molecule has 0 amide bonds. The van der Waals surface area contributed by atoms with Gasteiger partial charge in [-0.15, -0.1) is 0 Å². The number of nitrogens with one attached hydrogen (secondary N) is 2. The number of ether oxygens (including phenoxy) is 2. The van der Waals surface area contributed by atoms with Gasteiger partial charge < -0.3 is 20.1 Å². The summed E-state index contributed by atoms with van der Waals surface area (Å²) in [4.78, 5) is 8.35. The zero-order valence-electron chi connectivity index (χ0n) is 13.5. The van der Waals surface area contributed by atoms with E-state index in [0.717, 1.165) is 11.4 Å². The molecule has 0 fully saturated rings. The number of benzene rings is 2. The first-order chi connectivity index (χ1) is 12.7. The third kappa shape index (κ3) is 3.62. The van der Waals surface area contributed by atoms with Crippen LogP contribution in [0.4, 0.5) is 27.4 Å². The highest BCUT2D eigenvalue weighted by Gasteiger charge is 2.12. The molecular formula is C18H14ClFN4O2. The molecule has 3 aromatic rings. The van der Waals surface area contributed by atoms with E-state index >= 15 is 0 Å². The Morgan fingerprint density at radius 3 is 2.23 bits per heavy atom. The van der Waals surface area contributed by atoms with Crippen LogP contribution in [0.1, 0.15) is 0 Å². The molecule has 1 aromatic heterocycles. The van der Waals surface area contributed by atoms with Crippen LogP contribution in [-0.2, 0) is 0 Å². The molecule has 0 bridgehead atoms. The summed E-state index contributed by atoms with van der Waals surface area (Å²) in [5.74, 6) is 2.07. The van der Waals surface area contributed by atoms with Crippen LogP contribution in [0, 0.1) is 5.82 Å². The fourth-order valence-electron chi connectivity index (χ4n) is 2.48. The van der Waals surface area contributed by atoms with Crippen LogP contribution in [-0.4, -0.2) is 23.2 Å². The van der Waals surface area contributed by atoms with E-state index in [4.69, 9.17) is 21.1 Å². The van der Waals surface area contributed by atoms with E-state index in [9.17, 15) is 4.39 Å². The highest BCUT2D eigenvalue weighted by atomic mass is 35.5. The van der Waals surface area contributed by atoms with Gasteiger partial charge in [0.05, 0.1) is 5.02 Å². The van der Waals surface area contributed by atoms with Crippen LogP contribution in [0.2, 0.25) is 5.02 Å². The number of aromatic nitrogens is 2. The van der Waals surface area contributed by atoms with Crippen LogP contribution in [0.5, 0.6) is 11.5 Å². The molecular weight excluding hydrogens is 359 g/mol. The average molecular weight is 373 g/mol. The van der Waals surface area contributed by atoms with Gasteiger partial charge in [0.25, 0.3) is 0 Å². The van der Waals surface area contributed by atoms with Crippen LogP contribution in [0.3, 0.4) is 0 Å². The van der Waals surface area contributed by atoms with Crippen molar-refractivity contribution < 1.29 is 13.9 Å². The molecule has 6 nitrogen and oxygen atoms in total. The molecule has 2 heterocycles. The first-order valence-corrected chi connectivity index (χ1v) is 8.26. The van der Waals surface area contributed by atoms with Crippen LogP contribution in [0.15, 0.2) is 48.8 Å². The van der Waals surface area contributed by atoms with Crippen LogP contribution >= 0.6 is 11.6 Å². The Labute approximate surface area is 154 Å². The quantitative estimate of drug-likeness (QED) is 0.701. The summed E-state index contributed by atoms with van der Waals surface area (Å²) in [5.41, 5.74) is 1.43. The number of hydrogen-bond donors (Lipinski definition) is 2. The Kier molecular flexibility index (Phi) is 4.45. The molecule has 2 aromatic carbocycles. The fraction of sp³-hybridized carbons (Fsp3) is 0.111. The molecule has 1 aliphatic heterocycles. The maximum atomic E-state index is 13.2. The first-order valence-electron chi connectivity index (χ1n) is 7.88. The Bertz CT molecular complexity index is 954. The topological polar surface area (TPSA) is 68.3 Å². The molecule has 132 valence electrons. The van der Waals surface area contributed by atoms with Gasteiger partial charge in [-0.2, -0.15) is 0 Å². The van der Waals surface area contributed by atoms with Gasteiger partial charge in [-0.25, -0.2) is 14.4 Å². The molecule has 2 N–H and O–H groups in total.